The number of hydrazine groups is 1. The number of ether oxygens (including phenoxy) is 2. The van der Waals surface area contributed by atoms with Gasteiger partial charge in [0.15, 0.2) is 0 Å². The topological polar surface area (TPSA) is 135 Å². The van der Waals surface area contributed by atoms with Crippen LogP contribution in [0.3, 0.4) is 0 Å². The van der Waals surface area contributed by atoms with Crippen LogP contribution in [-0.2, 0) is 20.9 Å². The van der Waals surface area contributed by atoms with Crippen molar-refractivity contribution in [3.8, 4) is 5.75 Å². The van der Waals surface area contributed by atoms with E-state index < -0.39 is 23.9 Å². The molecule has 2 rings (SSSR count). The van der Waals surface area contributed by atoms with E-state index in [1.54, 1.807) is 19.9 Å². The van der Waals surface area contributed by atoms with Gasteiger partial charge in [-0.2, -0.15) is 0 Å². The summed E-state index contributed by atoms with van der Waals surface area (Å²) in [6.45, 7) is 4.88. The van der Waals surface area contributed by atoms with Crippen molar-refractivity contribution in [3.63, 3.8) is 0 Å². The number of anilines is 1. The third-order valence-corrected chi connectivity index (χ3v) is 4.50. The minimum Gasteiger partial charge on any atom is -0.496 e. The van der Waals surface area contributed by atoms with Crippen molar-refractivity contribution in [2.45, 2.75) is 33.4 Å². The number of carbonyl (C=O) groups excluding carboxylic acids is 4. The molecule has 0 saturated heterocycles. The Morgan fingerprint density at radius 2 is 1.67 bits per heavy atom. The fraction of sp³-hybridized carbons (Fsp3) is 0.304. The van der Waals surface area contributed by atoms with Gasteiger partial charge < -0.3 is 20.1 Å². The highest BCUT2D eigenvalue weighted by Gasteiger charge is 2.26. The van der Waals surface area contributed by atoms with Gasteiger partial charge in [-0.3, -0.25) is 25.2 Å². The lowest BCUT2D eigenvalue weighted by Gasteiger charge is -2.21. The largest absolute Gasteiger partial charge is 0.496 e. The minimum absolute atomic E-state index is 0.0558. The Morgan fingerprint density at radius 1 is 0.970 bits per heavy atom. The van der Waals surface area contributed by atoms with Crippen molar-refractivity contribution in [3.05, 3.63) is 59.7 Å². The molecule has 0 fully saturated rings. The van der Waals surface area contributed by atoms with Gasteiger partial charge in [0, 0.05) is 12.6 Å². The normalized spacial score (nSPS) is 11.2. The van der Waals surface area contributed by atoms with Crippen LogP contribution in [0.25, 0.3) is 0 Å². The monoisotopic (exact) mass is 456 g/mol. The van der Waals surface area contributed by atoms with Gasteiger partial charge in [-0.25, -0.2) is 4.79 Å². The van der Waals surface area contributed by atoms with Gasteiger partial charge in [0.2, 0.25) is 5.91 Å². The molecule has 176 valence electrons. The van der Waals surface area contributed by atoms with Gasteiger partial charge in [-0.15, -0.1) is 0 Å². The van der Waals surface area contributed by atoms with Crippen LogP contribution in [0.15, 0.2) is 48.5 Å². The van der Waals surface area contributed by atoms with Gasteiger partial charge in [-0.1, -0.05) is 44.2 Å². The van der Waals surface area contributed by atoms with E-state index in [-0.39, 0.29) is 29.7 Å². The standard InChI is InChI=1S/C23H28N4O6/c1-14(2)20(25-23(31)33-13-16-8-6-5-7-9-16)22(30)27-26-21(29)18-12-17(24-15(3)28)10-11-19(18)32-4/h5-12,14,20H,13H2,1-4H3,(H,24,28)(H,25,31)(H,26,29)(H,27,30)/t20-/m0/s1. The number of benzene rings is 2. The second-order valence-corrected chi connectivity index (χ2v) is 7.47. The quantitative estimate of drug-likeness (QED) is 0.451. The molecule has 0 aliphatic carbocycles. The summed E-state index contributed by atoms with van der Waals surface area (Å²) < 4.78 is 10.3. The van der Waals surface area contributed by atoms with Gasteiger partial charge in [-0.05, 0) is 29.7 Å². The zero-order valence-electron chi connectivity index (χ0n) is 18.9. The van der Waals surface area contributed by atoms with E-state index in [2.05, 4.69) is 21.5 Å². The Bertz CT molecular complexity index is 994. The number of carbonyl (C=O) groups is 4. The molecule has 2 aromatic carbocycles. The van der Waals surface area contributed by atoms with Crippen molar-refractivity contribution in [2.24, 2.45) is 5.92 Å². The second kappa shape index (κ2) is 12.1. The van der Waals surface area contributed by atoms with Crippen LogP contribution in [-0.4, -0.2) is 37.0 Å². The zero-order chi connectivity index (χ0) is 24.4. The van der Waals surface area contributed by atoms with Crippen LogP contribution >= 0.6 is 0 Å². The lowest BCUT2D eigenvalue weighted by molar-refractivity contribution is -0.124. The summed E-state index contributed by atoms with van der Waals surface area (Å²) in [5, 5.41) is 5.08. The zero-order valence-corrected chi connectivity index (χ0v) is 18.9. The Labute approximate surface area is 192 Å². The van der Waals surface area contributed by atoms with Crippen molar-refractivity contribution >= 4 is 29.5 Å². The van der Waals surface area contributed by atoms with Crippen LogP contribution in [0.1, 0.15) is 36.7 Å². The molecule has 0 bridgehead atoms. The van der Waals surface area contributed by atoms with E-state index in [4.69, 9.17) is 9.47 Å². The highest BCUT2D eigenvalue weighted by atomic mass is 16.5. The molecule has 0 aromatic heterocycles. The fourth-order valence-electron chi connectivity index (χ4n) is 2.86. The average Bonchev–Trinajstić information content (AvgIpc) is 2.79. The maximum atomic E-state index is 12.6. The van der Waals surface area contributed by atoms with Gasteiger partial charge in [0.25, 0.3) is 11.8 Å². The maximum Gasteiger partial charge on any atom is 0.408 e. The summed E-state index contributed by atoms with van der Waals surface area (Å²) in [4.78, 5) is 48.6. The van der Waals surface area contributed by atoms with Crippen molar-refractivity contribution in [1.82, 2.24) is 16.2 Å². The molecule has 2 aromatic rings. The van der Waals surface area contributed by atoms with E-state index >= 15 is 0 Å². The molecular weight excluding hydrogens is 428 g/mol. The first kappa shape index (κ1) is 25.2. The number of hydrogen-bond donors (Lipinski definition) is 4. The molecule has 1 atom stereocenters. The van der Waals surface area contributed by atoms with E-state index in [0.29, 0.717) is 5.69 Å². The van der Waals surface area contributed by atoms with Crippen LogP contribution in [0.2, 0.25) is 0 Å². The number of hydrogen-bond acceptors (Lipinski definition) is 6. The van der Waals surface area contributed by atoms with E-state index in [9.17, 15) is 19.2 Å². The van der Waals surface area contributed by atoms with Gasteiger partial charge >= 0.3 is 6.09 Å². The SMILES string of the molecule is COc1ccc(NC(C)=O)cc1C(=O)NNC(=O)[C@@H](NC(=O)OCc1ccccc1)C(C)C. The van der Waals surface area contributed by atoms with E-state index in [1.165, 1.54) is 26.2 Å². The molecule has 33 heavy (non-hydrogen) atoms. The van der Waals surface area contributed by atoms with Gasteiger partial charge in [0.05, 0.1) is 12.7 Å². The fourth-order valence-corrected chi connectivity index (χ4v) is 2.86. The predicted octanol–water partition coefficient (Wildman–Crippen LogP) is 2.37. The lowest BCUT2D eigenvalue weighted by atomic mass is 10.0. The summed E-state index contributed by atoms with van der Waals surface area (Å²) in [6, 6.07) is 12.7. The number of nitrogens with one attached hydrogen (secondary N) is 4. The number of amides is 4. The van der Waals surface area contributed by atoms with E-state index in [0.717, 1.165) is 5.56 Å². The van der Waals surface area contributed by atoms with Crippen LogP contribution in [0, 0.1) is 5.92 Å². The molecule has 4 amide bonds. The van der Waals surface area contributed by atoms with Crippen molar-refractivity contribution in [2.75, 3.05) is 12.4 Å². The Balaban J connectivity index is 1.97. The molecule has 0 heterocycles. The summed E-state index contributed by atoms with van der Waals surface area (Å²) >= 11 is 0. The number of methoxy groups -OCH3 is 1. The Hall–Kier alpha value is -4.08. The predicted molar refractivity (Wildman–Crippen MR) is 121 cm³/mol. The summed E-state index contributed by atoms with van der Waals surface area (Å²) in [6.07, 6.45) is -0.760. The first-order valence-corrected chi connectivity index (χ1v) is 10.2. The molecule has 0 spiro atoms. The smallest absolute Gasteiger partial charge is 0.408 e. The molecular formula is C23H28N4O6. The summed E-state index contributed by atoms with van der Waals surface area (Å²) in [5.41, 5.74) is 5.89. The van der Waals surface area contributed by atoms with Crippen molar-refractivity contribution in [1.29, 1.82) is 0 Å². The molecule has 0 aliphatic rings. The number of rotatable bonds is 8. The molecule has 10 nitrogen and oxygen atoms in total. The molecule has 0 aliphatic heterocycles. The third kappa shape index (κ3) is 7.84. The minimum atomic E-state index is -0.957. The average molecular weight is 456 g/mol. The Kier molecular flexibility index (Phi) is 9.22. The summed E-state index contributed by atoms with van der Waals surface area (Å²) in [5.74, 6) is -1.64. The van der Waals surface area contributed by atoms with Crippen molar-refractivity contribution < 1.29 is 28.7 Å². The molecule has 0 radical (unpaired) electrons. The van der Waals surface area contributed by atoms with E-state index in [1.807, 2.05) is 30.3 Å². The molecule has 10 heteroatoms. The van der Waals surface area contributed by atoms with Crippen LogP contribution in [0.4, 0.5) is 10.5 Å². The van der Waals surface area contributed by atoms with Crippen LogP contribution < -0.4 is 26.2 Å². The lowest BCUT2D eigenvalue weighted by Crippen LogP contribution is -2.54. The first-order valence-electron chi connectivity index (χ1n) is 10.2. The second-order valence-electron chi connectivity index (χ2n) is 7.47. The third-order valence-electron chi connectivity index (χ3n) is 4.50. The summed E-state index contributed by atoms with van der Waals surface area (Å²) in [7, 11) is 1.39. The highest BCUT2D eigenvalue weighted by Crippen LogP contribution is 2.22. The molecule has 0 unspecified atom stereocenters. The maximum absolute atomic E-state index is 12.6. The molecule has 4 N–H and O–H groups in total. The van der Waals surface area contributed by atoms with Crippen LogP contribution in [0.5, 0.6) is 5.75 Å². The first-order chi connectivity index (χ1) is 15.7. The molecule has 0 saturated carbocycles. The highest BCUT2D eigenvalue weighted by molar-refractivity contribution is 6.00. The Morgan fingerprint density at radius 3 is 2.27 bits per heavy atom. The van der Waals surface area contributed by atoms with Gasteiger partial charge in [0.1, 0.15) is 18.4 Å². The number of alkyl carbamates (subject to hydrolysis) is 1.